The number of hydrogen-bond donors (Lipinski definition) is 2. The summed E-state index contributed by atoms with van der Waals surface area (Å²) < 4.78 is 0. The lowest BCUT2D eigenvalue weighted by Crippen LogP contribution is -2.33. The molecular weight excluding hydrogens is 186 g/mol. The second-order valence-electron chi connectivity index (χ2n) is 3.62. The molecule has 0 aliphatic heterocycles. The first-order valence-electron chi connectivity index (χ1n) is 4.40. The molecule has 1 saturated carbocycles. The number of rotatable bonds is 1. The molecule has 0 saturated heterocycles. The van der Waals surface area contributed by atoms with Crippen LogP contribution >= 0.6 is 11.6 Å². The number of benzene rings is 1. The fourth-order valence-electron chi connectivity index (χ4n) is 1.62. The van der Waals surface area contributed by atoms with E-state index in [-0.39, 0.29) is 0 Å². The maximum atomic E-state index is 10.00. The highest BCUT2D eigenvalue weighted by atomic mass is 35.5. The normalized spacial score (nSPS) is 19.5. The van der Waals surface area contributed by atoms with Gasteiger partial charge in [-0.2, -0.15) is 0 Å². The lowest BCUT2D eigenvalue weighted by molar-refractivity contribution is -0.0387. The van der Waals surface area contributed by atoms with Crippen LogP contribution in [0.4, 0.5) is 5.69 Å². The Kier molecular flexibility index (Phi) is 1.97. The molecule has 0 amide bonds. The van der Waals surface area contributed by atoms with Gasteiger partial charge in [-0.05, 0) is 37.0 Å². The third-order valence-electron chi connectivity index (χ3n) is 2.72. The van der Waals surface area contributed by atoms with Crippen LogP contribution in [0.5, 0.6) is 0 Å². The van der Waals surface area contributed by atoms with Gasteiger partial charge in [0, 0.05) is 0 Å². The second kappa shape index (κ2) is 2.89. The molecule has 1 fully saturated rings. The Morgan fingerprint density at radius 3 is 2.54 bits per heavy atom. The minimum atomic E-state index is -0.642. The molecule has 0 spiro atoms. The molecule has 0 unspecified atom stereocenters. The number of anilines is 1. The summed E-state index contributed by atoms with van der Waals surface area (Å²) in [6.45, 7) is 0. The Hall–Kier alpha value is -0.730. The van der Waals surface area contributed by atoms with Crippen molar-refractivity contribution in [3.05, 3.63) is 28.8 Å². The van der Waals surface area contributed by atoms with Crippen LogP contribution in [0.3, 0.4) is 0 Å². The molecule has 1 aliphatic carbocycles. The summed E-state index contributed by atoms with van der Waals surface area (Å²) in [5.74, 6) is 0. The van der Waals surface area contributed by atoms with E-state index in [4.69, 9.17) is 17.3 Å². The summed E-state index contributed by atoms with van der Waals surface area (Å²) in [5.41, 5.74) is 6.39. The summed E-state index contributed by atoms with van der Waals surface area (Å²) >= 11 is 5.86. The second-order valence-corrected chi connectivity index (χ2v) is 4.03. The molecular formula is C10H12ClNO. The van der Waals surface area contributed by atoms with Crippen LogP contribution in [0.25, 0.3) is 0 Å². The van der Waals surface area contributed by atoms with Crippen molar-refractivity contribution in [2.24, 2.45) is 0 Å². The quantitative estimate of drug-likeness (QED) is 0.679. The minimum absolute atomic E-state index is 0.526. The zero-order chi connectivity index (χ0) is 9.47. The van der Waals surface area contributed by atoms with Gasteiger partial charge >= 0.3 is 0 Å². The molecule has 1 aromatic rings. The fourth-order valence-corrected chi connectivity index (χ4v) is 1.80. The van der Waals surface area contributed by atoms with Crippen LogP contribution in [0.2, 0.25) is 5.02 Å². The first-order valence-corrected chi connectivity index (χ1v) is 4.77. The smallest absolute Gasteiger partial charge is 0.0897 e. The maximum Gasteiger partial charge on any atom is 0.0897 e. The lowest BCUT2D eigenvalue weighted by atomic mass is 9.75. The number of halogens is 1. The monoisotopic (exact) mass is 197 g/mol. The molecule has 0 heterocycles. The Bertz CT molecular complexity index is 334. The van der Waals surface area contributed by atoms with Gasteiger partial charge in [0.25, 0.3) is 0 Å². The topological polar surface area (TPSA) is 46.2 Å². The van der Waals surface area contributed by atoms with Crippen molar-refractivity contribution in [3.63, 3.8) is 0 Å². The van der Waals surface area contributed by atoms with Crippen molar-refractivity contribution in [1.29, 1.82) is 0 Å². The Morgan fingerprint density at radius 2 is 2.08 bits per heavy atom. The standard InChI is InChI=1S/C10H12ClNO/c11-8-6-7(2-3-9(8)12)10(13)4-1-5-10/h2-3,6,13H,1,4-5,12H2. The summed E-state index contributed by atoms with van der Waals surface area (Å²) in [5, 5.41) is 10.5. The van der Waals surface area contributed by atoms with Gasteiger partial charge in [0.1, 0.15) is 0 Å². The van der Waals surface area contributed by atoms with E-state index in [1.165, 1.54) is 0 Å². The minimum Gasteiger partial charge on any atom is -0.398 e. The van der Waals surface area contributed by atoms with Crippen molar-refractivity contribution in [2.45, 2.75) is 24.9 Å². The van der Waals surface area contributed by atoms with Crippen LogP contribution in [0, 0.1) is 0 Å². The largest absolute Gasteiger partial charge is 0.398 e. The van der Waals surface area contributed by atoms with E-state index in [1.54, 1.807) is 12.1 Å². The molecule has 2 rings (SSSR count). The van der Waals surface area contributed by atoms with Crippen LogP contribution in [-0.4, -0.2) is 5.11 Å². The van der Waals surface area contributed by atoms with E-state index < -0.39 is 5.60 Å². The van der Waals surface area contributed by atoms with Crippen molar-refractivity contribution < 1.29 is 5.11 Å². The number of aliphatic hydroxyl groups is 1. The number of nitrogen functional groups attached to an aromatic ring is 1. The first kappa shape index (κ1) is 8.85. The van der Waals surface area contributed by atoms with Crippen LogP contribution in [-0.2, 0) is 5.60 Å². The van der Waals surface area contributed by atoms with E-state index in [2.05, 4.69) is 0 Å². The predicted octanol–water partition coefficient (Wildman–Crippen LogP) is 2.29. The highest BCUT2D eigenvalue weighted by Gasteiger charge is 2.36. The van der Waals surface area contributed by atoms with Gasteiger partial charge in [0.2, 0.25) is 0 Å². The van der Waals surface area contributed by atoms with Gasteiger partial charge in [0.05, 0.1) is 16.3 Å². The van der Waals surface area contributed by atoms with E-state index in [1.807, 2.05) is 6.07 Å². The number of nitrogens with two attached hydrogens (primary N) is 1. The summed E-state index contributed by atoms with van der Waals surface area (Å²) in [6.07, 6.45) is 2.74. The zero-order valence-electron chi connectivity index (χ0n) is 7.26. The molecule has 70 valence electrons. The highest BCUT2D eigenvalue weighted by Crippen LogP contribution is 2.42. The van der Waals surface area contributed by atoms with E-state index in [9.17, 15) is 5.11 Å². The van der Waals surface area contributed by atoms with E-state index in [0.717, 1.165) is 24.8 Å². The average Bonchev–Trinajstić information content (AvgIpc) is 2.06. The summed E-state index contributed by atoms with van der Waals surface area (Å²) in [4.78, 5) is 0. The number of hydrogen-bond acceptors (Lipinski definition) is 2. The molecule has 0 aromatic heterocycles. The van der Waals surface area contributed by atoms with Gasteiger partial charge in [-0.15, -0.1) is 0 Å². The van der Waals surface area contributed by atoms with Gasteiger partial charge in [-0.25, -0.2) is 0 Å². The van der Waals surface area contributed by atoms with E-state index >= 15 is 0 Å². The molecule has 3 N–H and O–H groups in total. The molecule has 3 heteroatoms. The van der Waals surface area contributed by atoms with Crippen molar-refractivity contribution in [1.82, 2.24) is 0 Å². The Balaban J connectivity index is 2.36. The summed E-state index contributed by atoms with van der Waals surface area (Å²) in [7, 11) is 0. The van der Waals surface area contributed by atoms with Gasteiger partial charge in [-0.1, -0.05) is 17.7 Å². The van der Waals surface area contributed by atoms with Crippen LogP contribution in [0.15, 0.2) is 18.2 Å². The molecule has 13 heavy (non-hydrogen) atoms. The molecule has 2 nitrogen and oxygen atoms in total. The third kappa shape index (κ3) is 1.40. The fraction of sp³-hybridized carbons (Fsp3) is 0.400. The Labute approximate surface area is 82.3 Å². The average molecular weight is 198 g/mol. The van der Waals surface area contributed by atoms with Crippen LogP contribution < -0.4 is 5.73 Å². The summed E-state index contributed by atoms with van der Waals surface area (Å²) in [6, 6.07) is 5.35. The zero-order valence-corrected chi connectivity index (χ0v) is 8.01. The third-order valence-corrected chi connectivity index (χ3v) is 3.05. The van der Waals surface area contributed by atoms with Gasteiger partial charge in [0.15, 0.2) is 0 Å². The van der Waals surface area contributed by atoms with Gasteiger partial charge in [-0.3, -0.25) is 0 Å². The first-order chi connectivity index (χ1) is 6.12. The molecule has 0 radical (unpaired) electrons. The SMILES string of the molecule is Nc1ccc(C2(O)CCC2)cc1Cl. The Morgan fingerprint density at radius 1 is 1.38 bits per heavy atom. The van der Waals surface area contributed by atoms with Crippen LogP contribution in [0.1, 0.15) is 24.8 Å². The molecule has 0 atom stereocenters. The highest BCUT2D eigenvalue weighted by molar-refractivity contribution is 6.33. The predicted molar refractivity (Wildman–Crippen MR) is 53.6 cm³/mol. The van der Waals surface area contributed by atoms with E-state index in [0.29, 0.717) is 10.7 Å². The lowest BCUT2D eigenvalue weighted by Gasteiger charge is -2.37. The maximum absolute atomic E-state index is 10.00. The van der Waals surface area contributed by atoms with Crippen molar-refractivity contribution in [2.75, 3.05) is 5.73 Å². The molecule has 1 aliphatic rings. The van der Waals surface area contributed by atoms with Gasteiger partial charge < -0.3 is 10.8 Å². The molecule has 0 bridgehead atoms. The molecule has 1 aromatic carbocycles. The van der Waals surface area contributed by atoms with Crippen molar-refractivity contribution in [3.8, 4) is 0 Å². The van der Waals surface area contributed by atoms with Crippen molar-refractivity contribution >= 4 is 17.3 Å².